The van der Waals surface area contributed by atoms with Crippen molar-refractivity contribution in [1.82, 2.24) is 9.80 Å². The van der Waals surface area contributed by atoms with Crippen molar-refractivity contribution in [2.24, 2.45) is 0 Å². The maximum absolute atomic E-state index is 12.8. The number of likely N-dealkylation sites (tertiary alicyclic amines) is 1. The molecule has 1 amide bonds. The summed E-state index contributed by atoms with van der Waals surface area (Å²) in [4.78, 5) is 28.6. The Morgan fingerprint density at radius 2 is 2.08 bits per heavy atom. The van der Waals surface area contributed by atoms with Gasteiger partial charge in [0.2, 0.25) is 6.79 Å². The van der Waals surface area contributed by atoms with Crippen LogP contribution in [0.2, 0.25) is 0 Å². The first kappa shape index (κ1) is 18.5. The van der Waals surface area contributed by atoms with Crippen LogP contribution in [0.1, 0.15) is 23.2 Å². The van der Waals surface area contributed by atoms with Crippen molar-refractivity contribution in [3.8, 4) is 11.5 Å². The van der Waals surface area contributed by atoms with Gasteiger partial charge < -0.3 is 29.1 Å². The number of amides is 1. The molecule has 1 fully saturated rings. The minimum atomic E-state index is -0.776. The summed E-state index contributed by atoms with van der Waals surface area (Å²) in [5.41, 5.74) is 0.383. The van der Waals surface area contributed by atoms with E-state index in [2.05, 4.69) is 0 Å². The molecule has 26 heavy (non-hydrogen) atoms. The van der Waals surface area contributed by atoms with Crippen LogP contribution in [0.15, 0.2) is 18.2 Å². The summed E-state index contributed by atoms with van der Waals surface area (Å²) in [6.45, 7) is 1.32. The van der Waals surface area contributed by atoms with E-state index < -0.39 is 18.1 Å². The van der Waals surface area contributed by atoms with E-state index in [0.29, 0.717) is 23.5 Å². The Morgan fingerprint density at radius 1 is 1.31 bits per heavy atom. The molecular formula is C18H24N2O6. The molecule has 8 heteroatoms. The molecule has 142 valence electrons. The zero-order valence-electron chi connectivity index (χ0n) is 15.0. The second kappa shape index (κ2) is 7.92. The molecule has 1 N–H and O–H groups in total. The first-order valence-electron chi connectivity index (χ1n) is 8.65. The normalized spacial score (nSPS) is 21.3. The predicted molar refractivity (Wildman–Crippen MR) is 92.1 cm³/mol. The van der Waals surface area contributed by atoms with Crippen LogP contribution >= 0.6 is 0 Å². The van der Waals surface area contributed by atoms with Gasteiger partial charge in [-0.2, -0.15) is 0 Å². The maximum atomic E-state index is 12.8. The van der Waals surface area contributed by atoms with Gasteiger partial charge >= 0.3 is 5.97 Å². The summed E-state index contributed by atoms with van der Waals surface area (Å²) in [5, 5.41) is 9.96. The van der Waals surface area contributed by atoms with Gasteiger partial charge in [0.25, 0.3) is 5.91 Å². The Labute approximate surface area is 152 Å². The molecule has 0 aliphatic carbocycles. The topological polar surface area (TPSA) is 88.5 Å². The Kier molecular flexibility index (Phi) is 5.63. The van der Waals surface area contributed by atoms with E-state index in [0.717, 1.165) is 6.54 Å². The highest BCUT2D eigenvalue weighted by Gasteiger charge is 2.40. The molecule has 0 spiro atoms. The highest BCUT2D eigenvalue weighted by atomic mass is 16.7. The second-order valence-corrected chi connectivity index (χ2v) is 6.76. The summed E-state index contributed by atoms with van der Waals surface area (Å²) in [7, 11) is 3.89. The van der Waals surface area contributed by atoms with Crippen LogP contribution in [0.4, 0.5) is 0 Å². The van der Waals surface area contributed by atoms with E-state index in [1.54, 1.807) is 18.2 Å². The third-order valence-corrected chi connectivity index (χ3v) is 4.43. The van der Waals surface area contributed by atoms with Gasteiger partial charge in [-0.1, -0.05) is 0 Å². The zero-order valence-corrected chi connectivity index (χ0v) is 15.0. The van der Waals surface area contributed by atoms with Crippen molar-refractivity contribution in [3.63, 3.8) is 0 Å². The number of carbonyl (C=O) groups is 2. The summed E-state index contributed by atoms with van der Waals surface area (Å²) in [5.74, 6) is 0.266. The van der Waals surface area contributed by atoms with Crippen molar-refractivity contribution in [1.29, 1.82) is 0 Å². The van der Waals surface area contributed by atoms with Crippen molar-refractivity contribution >= 4 is 11.9 Å². The summed E-state index contributed by atoms with van der Waals surface area (Å²) in [6.07, 6.45) is 0.153. The molecule has 8 nitrogen and oxygen atoms in total. The largest absolute Gasteiger partial charge is 0.464 e. The van der Waals surface area contributed by atoms with Gasteiger partial charge in [-0.05, 0) is 38.7 Å². The number of benzene rings is 1. The molecule has 2 aliphatic heterocycles. The van der Waals surface area contributed by atoms with E-state index in [1.165, 1.54) is 4.90 Å². The van der Waals surface area contributed by atoms with Crippen molar-refractivity contribution in [2.45, 2.75) is 25.0 Å². The molecule has 0 radical (unpaired) electrons. The predicted octanol–water partition coefficient (Wildman–Crippen LogP) is 0.486. The molecule has 0 saturated carbocycles. The second-order valence-electron chi connectivity index (χ2n) is 6.76. The van der Waals surface area contributed by atoms with Crippen LogP contribution in [-0.2, 0) is 9.53 Å². The first-order chi connectivity index (χ1) is 12.5. The lowest BCUT2D eigenvalue weighted by Gasteiger charge is -2.23. The van der Waals surface area contributed by atoms with E-state index in [1.807, 2.05) is 19.0 Å². The van der Waals surface area contributed by atoms with Crippen LogP contribution in [-0.4, -0.2) is 79.5 Å². The highest BCUT2D eigenvalue weighted by molar-refractivity contribution is 5.97. The average Bonchev–Trinajstić information content (AvgIpc) is 3.23. The molecule has 0 aromatic heterocycles. The van der Waals surface area contributed by atoms with Gasteiger partial charge in [0.1, 0.15) is 6.04 Å². The van der Waals surface area contributed by atoms with E-state index in [4.69, 9.17) is 14.2 Å². The molecule has 2 unspecified atom stereocenters. The number of nitrogens with zero attached hydrogens (tertiary/aromatic N) is 2. The molecule has 1 aromatic rings. The number of aliphatic hydroxyl groups excluding tert-OH is 1. The van der Waals surface area contributed by atoms with E-state index in [-0.39, 0.29) is 32.3 Å². The Morgan fingerprint density at radius 3 is 2.85 bits per heavy atom. The minimum Gasteiger partial charge on any atom is -0.464 e. The molecule has 2 heterocycles. The van der Waals surface area contributed by atoms with Gasteiger partial charge in [0, 0.05) is 25.1 Å². The van der Waals surface area contributed by atoms with Crippen LogP contribution in [0.5, 0.6) is 11.5 Å². The number of hydrogen-bond acceptors (Lipinski definition) is 7. The molecule has 2 atom stereocenters. The van der Waals surface area contributed by atoms with Gasteiger partial charge in [-0.15, -0.1) is 0 Å². The summed E-state index contributed by atoms with van der Waals surface area (Å²) in [6, 6.07) is 4.10. The number of esters is 1. The summed E-state index contributed by atoms with van der Waals surface area (Å²) >= 11 is 0. The minimum absolute atomic E-state index is 0.102. The fraction of sp³-hybridized carbons (Fsp3) is 0.556. The fourth-order valence-corrected chi connectivity index (χ4v) is 3.11. The Hall–Kier alpha value is -2.32. The molecule has 3 rings (SSSR count). The monoisotopic (exact) mass is 364 g/mol. The van der Waals surface area contributed by atoms with Gasteiger partial charge in [-0.3, -0.25) is 4.79 Å². The zero-order chi connectivity index (χ0) is 18.7. The number of hydrogen-bond donors (Lipinski definition) is 1. The molecule has 0 bridgehead atoms. The smallest absolute Gasteiger partial charge is 0.328 e. The number of fused-ring (bicyclic) bond motifs is 1. The number of aliphatic hydroxyl groups is 1. The standard InChI is InChI=1S/C18H24N2O6/c1-19(2)6-3-7-24-18(23)14-9-13(21)10-20(14)17(22)12-4-5-15-16(8-12)26-11-25-15/h4-5,8,13-14,21H,3,6-7,9-11H2,1-2H3. The van der Waals surface area contributed by atoms with Gasteiger partial charge in [-0.25, -0.2) is 4.79 Å². The molecule has 2 aliphatic rings. The number of carbonyl (C=O) groups excluding carboxylic acids is 2. The van der Waals surface area contributed by atoms with Gasteiger partial charge in [0.05, 0.1) is 12.7 Å². The number of ether oxygens (including phenoxy) is 3. The fourth-order valence-electron chi connectivity index (χ4n) is 3.11. The number of β-amino-alcohol motifs (C(OH)–C–C–N with tert-alkyl or cyclic N) is 1. The SMILES string of the molecule is CN(C)CCCOC(=O)C1CC(O)CN1C(=O)c1ccc2c(c1)OCO2. The molecular weight excluding hydrogens is 340 g/mol. The lowest BCUT2D eigenvalue weighted by Crippen LogP contribution is -2.41. The number of rotatable bonds is 6. The average molecular weight is 364 g/mol. The van der Waals surface area contributed by atoms with E-state index >= 15 is 0 Å². The van der Waals surface area contributed by atoms with Crippen LogP contribution in [0.3, 0.4) is 0 Å². The summed E-state index contributed by atoms with van der Waals surface area (Å²) < 4.78 is 15.8. The van der Waals surface area contributed by atoms with Crippen molar-refractivity contribution < 1.29 is 28.9 Å². The third-order valence-electron chi connectivity index (χ3n) is 4.43. The van der Waals surface area contributed by atoms with Crippen LogP contribution in [0.25, 0.3) is 0 Å². The van der Waals surface area contributed by atoms with Crippen molar-refractivity contribution in [2.75, 3.05) is 40.6 Å². The lowest BCUT2D eigenvalue weighted by molar-refractivity contribution is -0.148. The Balaban J connectivity index is 1.65. The van der Waals surface area contributed by atoms with Gasteiger partial charge in [0.15, 0.2) is 11.5 Å². The maximum Gasteiger partial charge on any atom is 0.328 e. The van der Waals surface area contributed by atoms with Crippen LogP contribution in [0, 0.1) is 0 Å². The van der Waals surface area contributed by atoms with Crippen molar-refractivity contribution in [3.05, 3.63) is 23.8 Å². The Bertz CT molecular complexity index is 678. The lowest BCUT2D eigenvalue weighted by atomic mass is 10.1. The highest BCUT2D eigenvalue weighted by Crippen LogP contribution is 2.33. The van der Waals surface area contributed by atoms with Crippen LogP contribution < -0.4 is 9.47 Å². The third kappa shape index (κ3) is 4.08. The molecule has 1 aromatic carbocycles. The quantitative estimate of drug-likeness (QED) is 0.580. The molecule has 1 saturated heterocycles. The van der Waals surface area contributed by atoms with E-state index in [9.17, 15) is 14.7 Å². The first-order valence-corrected chi connectivity index (χ1v) is 8.65.